The Hall–Kier alpha value is -3.58. The summed E-state index contributed by atoms with van der Waals surface area (Å²) in [5, 5.41) is 2.81. The molecule has 7 heteroatoms. The van der Waals surface area contributed by atoms with Crippen LogP contribution < -0.4 is 11.1 Å². The largest absolute Gasteiger partial charge is 0.331 e. The van der Waals surface area contributed by atoms with E-state index in [1.807, 2.05) is 12.1 Å². The summed E-state index contributed by atoms with van der Waals surface area (Å²) >= 11 is 0. The molecule has 176 valence electrons. The summed E-state index contributed by atoms with van der Waals surface area (Å²) in [5.74, 6) is -1.46. The highest BCUT2D eigenvalue weighted by Gasteiger charge is 2.29. The summed E-state index contributed by atoms with van der Waals surface area (Å²) in [4.78, 5) is 27.7. The predicted octanol–water partition coefficient (Wildman–Crippen LogP) is 5.13. The Balaban J connectivity index is 1.54. The van der Waals surface area contributed by atoms with E-state index in [4.69, 9.17) is 5.73 Å². The number of nitrogens with one attached hydrogen (secondary N) is 1. The molecule has 3 aromatic carbocycles. The van der Waals surface area contributed by atoms with Gasteiger partial charge in [-0.25, -0.2) is 8.78 Å². The maximum Gasteiger partial charge on any atom is 0.255 e. The van der Waals surface area contributed by atoms with E-state index in [-0.39, 0.29) is 23.9 Å². The molecule has 0 saturated heterocycles. The third kappa shape index (κ3) is 5.85. The molecule has 1 fully saturated rings. The maximum atomic E-state index is 13.8. The number of amides is 2. The van der Waals surface area contributed by atoms with Crippen LogP contribution in [0, 0.1) is 11.6 Å². The second kappa shape index (κ2) is 10.6. The van der Waals surface area contributed by atoms with E-state index < -0.39 is 11.6 Å². The summed E-state index contributed by atoms with van der Waals surface area (Å²) in [5.41, 5.74) is 8.10. The highest BCUT2D eigenvalue weighted by atomic mass is 19.1. The van der Waals surface area contributed by atoms with Crippen molar-refractivity contribution >= 4 is 17.5 Å². The summed E-state index contributed by atoms with van der Waals surface area (Å²) in [7, 11) is 0. The van der Waals surface area contributed by atoms with E-state index in [2.05, 4.69) is 5.32 Å². The SMILES string of the molecule is NC1CCC(N(Cc2cccc(NC(=O)c3ccc(F)cc3)c2)C(=O)c2cccc(F)c2)CC1. The van der Waals surface area contributed by atoms with Crippen molar-refractivity contribution in [2.75, 3.05) is 5.32 Å². The normalized spacial score (nSPS) is 17.7. The van der Waals surface area contributed by atoms with Crippen molar-refractivity contribution < 1.29 is 18.4 Å². The van der Waals surface area contributed by atoms with Crippen LogP contribution >= 0.6 is 0 Å². The average molecular weight is 464 g/mol. The van der Waals surface area contributed by atoms with Crippen molar-refractivity contribution in [1.82, 2.24) is 4.90 Å². The lowest BCUT2D eigenvalue weighted by Crippen LogP contribution is -2.43. The minimum Gasteiger partial charge on any atom is -0.331 e. The molecule has 0 atom stereocenters. The molecule has 0 spiro atoms. The van der Waals surface area contributed by atoms with Gasteiger partial charge < -0.3 is 16.0 Å². The van der Waals surface area contributed by atoms with Crippen LogP contribution in [0.15, 0.2) is 72.8 Å². The van der Waals surface area contributed by atoms with Crippen LogP contribution in [-0.4, -0.2) is 28.8 Å². The quantitative estimate of drug-likeness (QED) is 0.532. The molecular formula is C27H27F2N3O2. The van der Waals surface area contributed by atoms with E-state index in [1.165, 1.54) is 42.5 Å². The summed E-state index contributed by atoms with van der Waals surface area (Å²) in [6, 6.07) is 18.4. The first-order chi connectivity index (χ1) is 16.4. The third-order valence-corrected chi connectivity index (χ3v) is 6.16. The fourth-order valence-electron chi connectivity index (χ4n) is 4.32. The minimum absolute atomic E-state index is 0.00645. The van der Waals surface area contributed by atoms with E-state index >= 15 is 0 Å². The summed E-state index contributed by atoms with van der Waals surface area (Å²) < 4.78 is 26.9. The minimum atomic E-state index is -0.457. The molecule has 0 heterocycles. The van der Waals surface area contributed by atoms with Crippen molar-refractivity contribution in [3.63, 3.8) is 0 Å². The Morgan fingerprint density at radius 3 is 2.26 bits per heavy atom. The monoisotopic (exact) mass is 463 g/mol. The second-order valence-electron chi connectivity index (χ2n) is 8.67. The maximum absolute atomic E-state index is 13.8. The molecule has 3 N–H and O–H groups in total. The van der Waals surface area contributed by atoms with Gasteiger partial charge in [-0.3, -0.25) is 9.59 Å². The average Bonchev–Trinajstić information content (AvgIpc) is 2.83. The van der Waals surface area contributed by atoms with Gasteiger partial charge in [0.05, 0.1) is 0 Å². The number of benzene rings is 3. The lowest BCUT2D eigenvalue weighted by atomic mass is 9.90. The number of hydrogen-bond acceptors (Lipinski definition) is 3. The van der Waals surface area contributed by atoms with Gasteiger partial charge in [-0.15, -0.1) is 0 Å². The Kier molecular flexibility index (Phi) is 7.33. The molecular weight excluding hydrogens is 436 g/mol. The molecule has 0 aromatic heterocycles. The highest BCUT2D eigenvalue weighted by molar-refractivity contribution is 6.04. The molecule has 1 aliphatic rings. The van der Waals surface area contributed by atoms with Gasteiger partial charge in [-0.05, 0) is 85.8 Å². The molecule has 1 aliphatic carbocycles. The van der Waals surface area contributed by atoms with Crippen LogP contribution in [0.4, 0.5) is 14.5 Å². The lowest BCUT2D eigenvalue weighted by molar-refractivity contribution is 0.0605. The van der Waals surface area contributed by atoms with Gasteiger partial charge in [0.2, 0.25) is 0 Å². The topological polar surface area (TPSA) is 75.4 Å². The molecule has 0 unspecified atom stereocenters. The van der Waals surface area contributed by atoms with Gasteiger partial charge in [0.15, 0.2) is 0 Å². The molecule has 4 rings (SSSR count). The van der Waals surface area contributed by atoms with Crippen molar-refractivity contribution in [2.45, 2.75) is 44.3 Å². The predicted molar refractivity (Wildman–Crippen MR) is 127 cm³/mol. The number of nitrogens with zero attached hydrogens (tertiary/aromatic N) is 1. The second-order valence-corrected chi connectivity index (χ2v) is 8.67. The van der Waals surface area contributed by atoms with Crippen molar-refractivity contribution in [3.05, 3.63) is 101 Å². The first-order valence-corrected chi connectivity index (χ1v) is 11.4. The standard InChI is InChI=1S/C27H27F2N3O2/c28-21-9-7-19(8-10-21)26(33)31-24-6-1-3-18(15-24)17-32(25-13-11-23(30)12-14-25)27(34)20-4-2-5-22(29)16-20/h1-10,15-16,23,25H,11-14,17,30H2,(H,31,33). The third-order valence-electron chi connectivity index (χ3n) is 6.16. The van der Waals surface area contributed by atoms with Crippen LogP contribution in [0.25, 0.3) is 0 Å². The first-order valence-electron chi connectivity index (χ1n) is 11.4. The van der Waals surface area contributed by atoms with Crippen molar-refractivity contribution in [2.24, 2.45) is 5.73 Å². The molecule has 1 saturated carbocycles. The van der Waals surface area contributed by atoms with E-state index in [9.17, 15) is 18.4 Å². The van der Waals surface area contributed by atoms with Crippen LogP contribution in [0.5, 0.6) is 0 Å². The molecule has 3 aromatic rings. The Labute approximate surface area is 197 Å². The van der Waals surface area contributed by atoms with Gasteiger partial charge in [-0.2, -0.15) is 0 Å². The fraction of sp³-hybridized carbons (Fsp3) is 0.259. The Bertz CT molecular complexity index is 1160. The van der Waals surface area contributed by atoms with Crippen molar-refractivity contribution in [1.29, 1.82) is 0 Å². The fourth-order valence-corrected chi connectivity index (χ4v) is 4.32. The van der Waals surface area contributed by atoms with Gasteiger partial charge >= 0.3 is 0 Å². The smallest absolute Gasteiger partial charge is 0.255 e. The molecule has 2 amide bonds. The number of nitrogens with two attached hydrogens (primary N) is 1. The van der Waals surface area contributed by atoms with Gasteiger partial charge in [0, 0.05) is 35.4 Å². The molecule has 34 heavy (non-hydrogen) atoms. The zero-order valence-corrected chi connectivity index (χ0v) is 18.7. The van der Waals surface area contributed by atoms with E-state index in [0.717, 1.165) is 31.2 Å². The summed E-state index contributed by atoms with van der Waals surface area (Å²) in [6.45, 7) is 0.315. The molecule has 0 bridgehead atoms. The molecule has 0 radical (unpaired) electrons. The number of hydrogen-bond donors (Lipinski definition) is 2. The number of rotatable bonds is 6. The Morgan fingerprint density at radius 2 is 1.56 bits per heavy atom. The number of carbonyl (C=O) groups is 2. The highest BCUT2D eigenvalue weighted by Crippen LogP contribution is 2.26. The van der Waals surface area contributed by atoms with E-state index in [1.54, 1.807) is 23.1 Å². The van der Waals surface area contributed by atoms with Crippen LogP contribution in [0.3, 0.4) is 0 Å². The number of anilines is 1. The zero-order valence-electron chi connectivity index (χ0n) is 18.7. The Morgan fingerprint density at radius 1 is 0.853 bits per heavy atom. The van der Waals surface area contributed by atoms with Crippen molar-refractivity contribution in [3.8, 4) is 0 Å². The molecule has 0 aliphatic heterocycles. The first kappa shape index (κ1) is 23.6. The van der Waals surface area contributed by atoms with Crippen LogP contribution in [0.2, 0.25) is 0 Å². The number of halogens is 2. The summed E-state index contributed by atoms with van der Waals surface area (Å²) in [6.07, 6.45) is 3.21. The lowest BCUT2D eigenvalue weighted by Gasteiger charge is -2.36. The van der Waals surface area contributed by atoms with Crippen LogP contribution in [-0.2, 0) is 6.54 Å². The van der Waals surface area contributed by atoms with E-state index in [0.29, 0.717) is 23.4 Å². The van der Waals surface area contributed by atoms with Gasteiger partial charge in [0.1, 0.15) is 11.6 Å². The zero-order chi connectivity index (χ0) is 24.1. The van der Waals surface area contributed by atoms with Gasteiger partial charge in [-0.1, -0.05) is 18.2 Å². The van der Waals surface area contributed by atoms with Crippen LogP contribution in [0.1, 0.15) is 52.0 Å². The van der Waals surface area contributed by atoms with Gasteiger partial charge in [0.25, 0.3) is 11.8 Å². The number of carbonyl (C=O) groups excluding carboxylic acids is 2. The molecule has 5 nitrogen and oxygen atoms in total.